The molecule has 0 bridgehead atoms. The van der Waals surface area contributed by atoms with E-state index in [2.05, 4.69) is 0 Å². The topological polar surface area (TPSA) is 52.6 Å². The fourth-order valence-corrected chi connectivity index (χ4v) is 5.25. The monoisotopic (exact) mass is 328 g/mol. The van der Waals surface area contributed by atoms with Crippen molar-refractivity contribution in [2.24, 2.45) is 11.3 Å². The van der Waals surface area contributed by atoms with Gasteiger partial charge in [-0.2, -0.15) is 0 Å². The lowest BCUT2D eigenvalue weighted by atomic mass is 9.54. The van der Waals surface area contributed by atoms with Crippen molar-refractivity contribution in [1.29, 1.82) is 0 Å². The molecule has 3 fully saturated rings. The van der Waals surface area contributed by atoms with Gasteiger partial charge < -0.3 is 9.47 Å². The molecule has 2 aliphatic carbocycles. The summed E-state index contributed by atoms with van der Waals surface area (Å²) >= 11 is 0. The molecule has 1 spiro atoms. The number of hydrogen-bond donors (Lipinski definition) is 0. The van der Waals surface area contributed by atoms with Crippen LogP contribution >= 0.6 is 0 Å². The molecule has 1 heterocycles. The van der Waals surface area contributed by atoms with Gasteiger partial charge in [-0.1, -0.05) is 43.2 Å². The van der Waals surface area contributed by atoms with E-state index in [-0.39, 0.29) is 25.0 Å². The molecule has 128 valence electrons. The smallest absolute Gasteiger partial charge is 0.317 e. The Morgan fingerprint density at radius 3 is 2.75 bits per heavy atom. The summed E-state index contributed by atoms with van der Waals surface area (Å²) in [4.78, 5) is 25.3. The van der Waals surface area contributed by atoms with Gasteiger partial charge in [0.15, 0.2) is 0 Å². The Morgan fingerprint density at radius 1 is 1.12 bits per heavy atom. The first-order valence-electron chi connectivity index (χ1n) is 9.09. The highest BCUT2D eigenvalue weighted by Crippen LogP contribution is 2.61. The van der Waals surface area contributed by atoms with Crippen LogP contribution in [0.4, 0.5) is 0 Å². The van der Waals surface area contributed by atoms with Crippen LogP contribution in [0.15, 0.2) is 30.3 Å². The molecule has 0 radical (unpaired) electrons. The molecule has 4 rings (SSSR count). The van der Waals surface area contributed by atoms with Crippen molar-refractivity contribution >= 4 is 11.9 Å². The first kappa shape index (κ1) is 15.7. The summed E-state index contributed by atoms with van der Waals surface area (Å²) in [5.41, 5.74) is -0.395. The molecule has 0 aromatic heterocycles. The number of carbonyl (C=O) groups is 2. The number of rotatable bonds is 3. The summed E-state index contributed by atoms with van der Waals surface area (Å²) < 4.78 is 11.6. The molecule has 4 heteroatoms. The van der Waals surface area contributed by atoms with Gasteiger partial charge in [0.05, 0.1) is 6.42 Å². The lowest BCUT2D eigenvalue weighted by Crippen LogP contribution is -2.59. The van der Waals surface area contributed by atoms with Crippen molar-refractivity contribution in [2.45, 2.75) is 63.6 Å². The molecule has 1 aliphatic heterocycles. The molecule has 3 aliphatic rings. The molecule has 4 nitrogen and oxygen atoms in total. The van der Waals surface area contributed by atoms with Crippen LogP contribution in [0, 0.1) is 11.3 Å². The van der Waals surface area contributed by atoms with Crippen molar-refractivity contribution in [3.05, 3.63) is 35.9 Å². The minimum Gasteiger partial charge on any atom is -0.460 e. The standard InChI is InChI=1S/C20H24O4/c21-17-13-19(18(22)23-14-15-7-2-1-3-8-15)11-6-10-16-9-4-5-12-20(16,19)24-17/h1-3,7-8,16H,4-6,9-14H2/t16?,19?,20-/m0/s1. The van der Waals surface area contributed by atoms with Gasteiger partial charge in [0.25, 0.3) is 0 Å². The predicted octanol–water partition coefficient (Wildman–Crippen LogP) is 3.78. The van der Waals surface area contributed by atoms with Crippen molar-refractivity contribution in [1.82, 2.24) is 0 Å². The molecule has 1 saturated heterocycles. The van der Waals surface area contributed by atoms with Gasteiger partial charge in [0.1, 0.15) is 17.6 Å². The van der Waals surface area contributed by atoms with Crippen molar-refractivity contribution in [3.8, 4) is 0 Å². The Balaban J connectivity index is 1.60. The minimum absolute atomic E-state index is 0.192. The highest BCUT2D eigenvalue weighted by Gasteiger charge is 2.69. The lowest BCUT2D eigenvalue weighted by molar-refractivity contribution is -0.194. The van der Waals surface area contributed by atoms with E-state index in [1.807, 2.05) is 30.3 Å². The zero-order valence-electron chi connectivity index (χ0n) is 14.0. The van der Waals surface area contributed by atoms with Crippen LogP contribution in [0.1, 0.15) is 56.9 Å². The molecular weight excluding hydrogens is 304 g/mol. The second kappa shape index (κ2) is 5.91. The number of esters is 2. The van der Waals surface area contributed by atoms with Crippen LogP contribution < -0.4 is 0 Å². The average Bonchev–Trinajstić information content (AvgIpc) is 2.91. The molecule has 1 aromatic rings. The van der Waals surface area contributed by atoms with Crippen LogP contribution in [0.5, 0.6) is 0 Å². The summed E-state index contributed by atoms with van der Waals surface area (Å²) in [5.74, 6) is -0.139. The maximum absolute atomic E-state index is 13.1. The van der Waals surface area contributed by atoms with Gasteiger partial charge in [0.2, 0.25) is 0 Å². The second-order valence-electron chi connectivity index (χ2n) is 7.52. The van der Waals surface area contributed by atoms with Crippen LogP contribution in [-0.4, -0.2) is 17.5 Å². The largest absolute Gasteiger partial charge is 0.460 e. The Bertz CT molecular complexity index is 638. The summed E-state index contributed by atoms with van der Waals surface area (Å²) in [6.07, 6.45) is 6.99. The van der Waals surface area contributed by atoms with E-state index in [0.29, 0.717) is 12.3 Å². The molecule has 0 N–H and O–H groups in total. The van der Waals surface area contributed by atoms with Gasteiger partial charge >= 0.3 is 11.9 Å². The fraction of sp³-hybridized carbons (Fsp3) is 0.600. The van der Waals surface area contributed by atoms with Crippen LogP contribution in [-0.2, 0) is 25.7 Å². The molecule has 2 saturated carbocycles. The molecular formula is C20H24O4. The fourth-order valence-electron chi connectivity index (χ4n) is 5.25. The summed E-state index contributed by atoms with van der Waals surface area (Å²) in [7, 11) is 0. The van der Waals surface area contributed by atoms with Gasteiger partial charge in [-0.25, -0.2) is 0 Å². The van der Waals surface area contributed by atoms with Crippen LogP contribution in [0.2, 0.25) is 0 Å². The number of benzene rings is 1. The van der Waals surface area contributed by atoms with E-state index in [1.165, 1.54) is 6.42 Å². The van der Waals surface area contributed by atoms with Crippen molar-refractivity contribution < 1.29 is 19.1 Å². The van der Waals surface area contributed by atoms with Gasteiger partial charge in [0, 0.05) is 0 Å². The minimum atomic E-state index is -0.762. The Labute approximate surface area is 142 Å². The lowest BCUT2D eigenvalue weighted by Gasteiger charge is -2.52. The van der Waals surface area contributed by atoms with Gasteiger partial charge in [-0.15, -0.1) is 0 Å². The maximum Gasteiger partial charge on any atom is 0.317 e. The molecule has 3 atom stereocenters. The van der Waals surface area contributed by atoms with Gasteiger partial charge in [-0.3, -0.25) is 9.59 Å². The third kappa shape index (κ3) is 2.27. The number of ether oxygens (including phenoxy) is 2. The highest BCUT2D eigenvalue weighted by atomic mass is 16.6. The van der Waals surface area contributed by atoms with Crippen LogP contribution in [0.25, 0.3) is 0 Å². The van der Waals surface area contributed by atoms with E-state index in [9.17, 15) is 9.59 Å². The van der Waals surface area contributed by atoms with E-state index < -0.39 is 11.0 Å². The highest BCUT2D eigenvalue weighted by molar-refractivity contribution is 5.88. The third-order valence-electron chi connectivity index (χ3n) is 6.32. The van der Waals surface area contributed by atoms with E-state index in [0.717, 1.165) is 37.7 Å². The molecule has 2 unspecified atom stereocenters. The van der Waals surface area contributed by atoms with E-state index in [4.69, 9.17) is 9.47 Å². The summed E-state index contributed by atoms with van der Waals surface area (Å²) in [5, 5.41) is 0. The first-order chi connectivity index (χ1) is 11.7. The molecule has 0 amide bonds. The zero-order valence-corrected chi connectivity index (χ0v) is 14.0. The summed E-state index contributed by atoms with van der Waals surface area (Å²) in [6.45, 7) is 0.260. The van der Waals surface area contributed by atoms with Crippen molar-refractivity contribution in [2.75, 3.05) is 0 Å². The van der Waals surface area contributed by atoms with E-state index >= 15 is 0 Å². The number of carbonyl (C=O) groups excluding carboxylic acids is 2. The van der Waals surface area contributed by atoms with Gasteiger partial charge in [-0.05, 0) is 43.6 Å². The van der Waals surface area contributed by atoms with Crippen molar-refractivity contribution in [3.63, 3.8) is 0 Å². The summed E-state index contributed by atoms with van der Waals surface area (Å²) in [6, 6.07) is 9.70. The molecule has 24 heavy (non-hydrogen) atoms. The zero-order chi connectivity index (χ0) is 16.6. The normalized spacial score (nSPS) is 34.8. The SMILES string of the molecule is O=C1CC2(C(=O)OCc3ccccc3)CCCC3CCCC[C@]32O1. The number of hydrogen-bond acceptors (Lipinski definition) is 4. The Kier molecular flexibility index (Phi) is 3.86. The molecule has 1 aromatic carbocycles. The predicted molar refractivity (Wildman–Crippen MR) is 87.9 cm³/mol. The quantitative estimate of drug-likeness (QED) is 0.793. The second-order valence-corrected chi connectivity index (χ2v) is 7.52. The average molecular weight is 328 g/mol. The maximum atomic E-state index is 13.1. The van der Waals surface area contributed by atoms with Crippen LogP contribution in [0.3, 0.4) is 0 Å². The Morgan fingerprint density at radius 2 is 1.92 bits per heavy atom. The first-order valence-corrected chi connectivity index (χ1v) is 9.09. The Hall–Kier alpha value is -1.84. The third-order valence-corrected chi connectivity index (χ3v) is 6.32. The van der Waals surface area contributed by atoms with E-state index in [1.54, 1.807) is 0 Å².